The van der Waals surface area contributed by atoms with E-state index < -0.39 is 0 Å². The van der Waals surface area contributed by atoms with Crippen LogP contribution in [0.1, 0.15) is 38.5 Å². The Balaban J connectivity index is 1.67. The van der Waals surface area contributed by atoms with Gasteiger partial charge in [0.15, 0.2) is 0 Å². The maximum atomic E-state index is 6.04. The van der Waals surface area contributed by atoms with Crippen LogP contribution >= 0.6 is 0 Å². The fourth-order valence-corrected chi connectivity index (χ4v) is 3.21. The van der Waals surface area contributed by atoms with Gasteiger partial charge in [0, 0.05) is 24.7 Å². The van der Waals surface area contributed by atoms with Gasteiger partial charge < -0.3 is 5.73 Å². The van der Waals surface area contributed by atoms with Crippen molar-refractivity contribution in [2.75, 3.05) is 6.54 Å². The summed E-state index contributed by atoms with van der Waals surface area (Å²) in [6.45, 7) is 1.39. The summed E-state index contributed by atoms with van der Waals surface area (Å²) in [7, 11) is 0. The van der Waals surface area contributed by atoms with E-state index in [0.29, 0.717) is 6.04 Å². The molecule has 0 amide bonds. The lowest BCUT2D eigenvalue weighted by atomic mass is 9.98. The van der Waals surface area contributed by atoms with E-state index in [4.69, 9.17) is 5.73 Å². The number of hydrogen-bond donors (Lipinski definition) is 1. The minimum atomic E-state index is 0.507. The van der Waals surface area contributed by atoms with Crippen molar-refractivity contribution >= 4 is 0 Å². The largest absolute Gasteiger partial charge is 0.328 e. The number of hydrogen-bond acceptors (Lipinski definition) is 2. The molecular formula is C11H20N2. The molecule has 2 atom stereocenters. The van der Waals surface area contributed by atoms with Crippen LogP contribution in [0.4, 0.5) is 0 Å². The van der Waals surface area contributed by atoms with Crippen molar-refractivity contribution in [3.8, 4) is 0 Å². The zero-order chi connectivity index (χ0) is 8.84. The Bertz CT molecular complexity index is 186. The molecule has 3 aliphatic rings. The summed E-state index contributed by atoms with van der Waals surface area (Å²) in [5, 5.41) is 0. The zero-order valence-corrected chi connectivity index (χ0v) is 8.28. The van der Waals surface area contributed by atoms with E-state index in [9.17, 15) is 0 Å². The number of piperidine rings is 1. The highest BCUT2D eigenvalue weighted by Gasteiger charge is 2.41. The van der Waals surface area contributed by atoms with Gasteiger partial charge in [-0.2, -0.15) is 0 Å². The Labute approximate surface area is 80.5 Å². The Morgan fingerprint density at radius 1 is 1.00 bits per heavy atom. The highest BCUT2D eigenvalue weighted by Crippen LogP contribution is 2.39. The second kappa shape index (κ2) is 2.96. The molecule has 0 aromatic heterocycles. The Hall–Kier alpha value is -0.0800. The van der Waals surface area contributed by atoms with Crippen LogP contribution < -0.4 is 5.73 Å². The third-order valence-corrected chi connectivity index (χ3v) is 4.09. The fraction of sp³-hybridized carbons (Fsp3) is 1.00. The molecule has 0 aromatic carbocycles. The maximum absolute atomic E-state index is 6.04. The Kier molecular flexibility index (Phi) is 1.88. The lowest BCUT2D eigenvalue weighted by molar-refractivity contribution is 0.122. The van der Waals surface area contributed by atoms with Crippen molar-refractivity contribution in [2.24, 2.45) is 11.7 Å². The maximum Gasteiger partial charge on any atom is 0.0114 e. The van der Waals surface area contributed by atoms with Crippen LogP contribution in [0.2, 0.25) is 0 Å². The second-order valence-electron chi connectivity index (χ2n) is 5.26. The molecule has 3 rings (SSSR count). The summed E-state index contributed by atoms with van der Waals surface area (Å²) in [6.07, 6.45) is 8.35. The molecule has 1 saturated carbocycles. The minimum absolute atomic E-state index is 0.507. The van der Waals surface area contributed by atoms with Crippen molar-refractivity contribution in [1.29, 1.82) is 0 Å². The molecule has 0 radical (unpaired) electrons. The van der Waals surface area contributed by atoms with Gasteiger partial charge in [-0.25, -0.2) is 0 Å². The molecule has 2 heteroatoms. The molecule has 1 aliphatic carbocycles. The summed E-state index contributed by atoms with van der Waals surface area (Å²) in [4.78, 5) is 2.78. The van der Waals surface area contributed by atoms with Crippen molar-refractivity contribution in [2.45, 2.75) is 56.7 Å². The average Bonchev–Trinajstić information content (AvgIpc) is 2.83. The standard InChI is InChI=1S/C11H20N2/c12-9-5-10-3-4-11(6-9)13(10)7-8-1-2-8/h8-11H,1-7,12H2/t10-,11-/m1/s1. The first-order valence-corrected chi connectivity index (χ1v) is 5.84. The van der Waals surface area contributed by atoms with Crippen molar-refractivity contribution < 1.29 is 0 Å². The number of rotatable bonds is 2. The van der Waals surface area contributed by atoms with Crippen molar-refractivity contribution in [3.05, 3.63) is 0 Å². The summed E-state index contributed by atoms with van der Waals surface area (Å²) in [6, 6.07) is 2.22. The number of fused-ring (bicyclic) bond motifs is 2. The quantitative estimate of drug-likeness (QED) is 0.695. The van der Waals surface area contributed by atoms with Gasteiger partial charge in [-0.1, -0.05) is 0 Å². The van der Waals surface area contributed by atoms with E-state index in [2.05, 4.69) is 4.90 Å². The van der Waals surface area contributed by atoms with E-state index in [-0.39, 0.29) is 0 Å². The molecule has 0 spiro atoms. The van der Waals surface area contributed by atoms with E-state index >= 15 is 0 Å². The predicted molar refractivity (Wildman–Crippen MR) is 53.4 cm³/mol. The molecule has 2 N–H and O–H groups in total. The molecule has 2 bridgehead atoms. The fourth-order valence-electron chi connectivity index (χ4n) is 3.21. The van der Waals surface area contributed by atoms with Crippen LogP contribution in [-0.2, 0) is 0 Å². The third kappa shape index (κ3) is 1.50. The smallest absolute Gasteiger partial charge is 0.0114 e. The van der Waals surface area contributed by atoms with Crippen LogP contribution in [0.15, 0.2) is 0 Å². The minimum Gasteiger partial charge on any atom is -0.328 e. The van der Waals surface area contributed by atoms with Crippen LogP contribution in [0, 0.1) is 5.92 Å². The molecule has 0 unspecified atom stereocenters. The van der Waals surface area contributed by atoms with Gasteiger partial charge in [-0.3, -0.25) is 4.90 Å². The predicted octanol–water partition coefficient (Wildman–Crippen LogP) is 1.35. The summed E-state index contributed by atoms with van der Waals surface area (Å²) < 4.78 is 0. The normalized spacial score (nSPS) is 45.5. The van der Waals surface area contributed by atoms with Crippen molar-refractivity contribution in [3.63, 3.8) is 0 Å². The lowest BCUT2D eigenvalue weighted by Gasteiger charge is -2.37. The molecule has 2 aliphatic heterocycles. The first kappa shape index (κ1) is 8.25. The monoisotopic (exact) mass is 180 g/mol. The Morgan fingerprint density at radius 2 is 1.62 bits per heavy atom. The van der Waals surface area contributed by atoms with Gasteiger partial charge in [0.2, 0.25) is 0 Å². The summed E-state index contributed by atoms with van der Waals surface area (Å²) >= 11 is 0. The second-order valence-corrected chi connectivity index (χ2v) is 5.26. The van der Waals surface area contributed by atoms with Gasteiger partial charge in [-0.05, 0) is 44.4 Å². The molecule has 3 fully saturated rings. The van der Waals surface area contributed by atoms with Gasteiger partial charge in [-0.15, -0.1) is 0 Å². The number of nitrogens with two attached hydrogens (primary N) is 1. The van der Waals surface area contributed by atoms with E-state index in [0.717, 1.165) is 18.0 Å². The summed E-state index contributed by atoms with van der Waals surface area (Å²) in [5.74, 6) is 1.05. The van der Waals surface area contributed by atoms with Gasteiger partial charge in [0.25, 0.3) is 0 Å². The highest BCUT2D eigenvalue weighted by atomic mass is 15.2. The van der Waals surface area contributed by atoms with Crippen LogP contribution in [-0.4, -0.2) is 29.6 Å². The lowest BCUT2D eigenvalue weighted by Crippen LogP contribution is -2.48. The molecule has 2 nitrogen and oxygen atoms in total. The first-order valence-electron chi connectivity index (χ1n) is 5.84. The average molecular weight is 180 g/mol. The van der Waals surface area contributed by atoms with Gasteiger partial charge in [0.1, 0.15) is 0 Å². The van der Waals surface area contributed by atoms with E-state index in [1.807, 2.05) is 0 Å². The van der Waals surface area contributed by atoms with E-state index in [1.165, 1.54) is 45.1 Å². The molecule has 2 heterocycles. The third-order valence-electron chi connectivity index (χ3n) is 4.09. The van der Waals surface area contributed by atoms with Crippen LogP contribution in [0.5, 0.6) is 0 Å². The van der Waals surface area contributed by atoms with Crippen LogP contribution in [0.25, 0.3) is 0 Å². The molecular weight excluding hydrogens is 160 g/mol. The van der Waals surface area contributed by atoms with Crippen LogP contribution in [0.3, 0.4) is 0 Å². The molecule has 74 valence electrons. The van der Waals surface area contributed by atoms with E-state index in [1.54, 1.807) is 0 Å². The Morgan fingerprint density at radius 3 is 2.15 bits per heavy atom. The SMILES string of the molecule is NC1C[C@H]2CC[C@H](C1)N2CC1CC1. The topological polar surface area (TPSA) is 29.3 Å². The molecule has 13 heavy (non-hydrogen) atoms. The first-order chi connectivity index (χ1) is 6.33. The molecule has 0 aromatic rings. The summed E-state index contributed by atoms with van der Waals surface area (Å²) in [5.41, 5.74) is 6.04. The molecule has 2 saturated heterocycles. The van der Waals surface area contributed by atoms with Gasteiger partial charge in [0.05, 0.1) is 0 Å². The highest BCUT2D eigenvalue weighted by molar-refractivity contribution is 4.98. The number of nitrogens with zero attached hydrogens (tertiary/aromatic N) is 1. The van der Waals surface area contributed by atoms with Gasteiger partial charge >= 0.3 is 0 Å². The van der Waals surface area contributed by atoms with Crippen molar-refractivity contribution in [1.82, 2.24) is 4.90 Å². The zero-order valence-electron chi connectivity index (χ0n) is 8.28.